The number of hydrogen-bond donors (Lipinski definition) is 2. The van der Waals surface area contributed by atoms with Crippen molar-refractivity contribution in [2.24, 2.45) is 0 Å². The second kappa shape index (κ2) is 14.3. The van der Waals surface area contributed by atoms with Crippen LogP contribution in [-0.2, 0) is 5.41 Å². The van der Waals surface area contributed by atoms with Crippen LogP contribution in [0.5, 0.6) is 11.5 Å². The van der Waals surface area contributed by atoms with E-state index in [0.717, 1.165) is 62.5 Å². The Balaban J connectivity index is 1.51. The summed E-state index contributed by atoms with van der Waals surface area (Å²) in [5.41, 5.74) is 9.81. The Bertz CT molecular complexity index is 1450. The Kier molecular flexibility index (Phi) is 9.98. The Hall–Kier alpha value is -3.52. The standard InChI is InChI=1S/C43H52O2/c1-3-27-43(28-4-2,39-21-13-11-19-35(39)33-23-25-41(44)37(29-33)31-15-7-5-8-16-31)40-22-14-12-20-36(40)34-24-26-42(45)38(30-34)32-17-9-6-10-18-32/h11-14,19-26,29-32,44-45H,3-10,15-18,27-28H2,1-2H3. The normalized spacial score (nSPS) is 16.6. The van der Waals surface area contributed by atoms with Crippen LogP contribution in [0, 0.1) is 0 Å². The number of benzene rings is 4. The molecule has 2 N–H and O–H groups in total. The summed E-state index contributed by atoms with van der Waals surface area (Å²) in [6.45, 7) is 4.64. The van der Waals surface area contributed by atoms with Gasteiger partial charge in [0.15, 0.2) is 0 Å². The van der Waals surface area contributed by atoms with Gasteiger partial charge in [-0.15, -0.1) is 0 Å². The van der Waals surface area contributed by atoms with Crippen molar-refractivity contribution in [2.75, 3.05) is 0 Å². The highest BCUT2D eigenvalue weighted by molar-refractivity contribution is 5.76. The van der Waals surface area contributed by atoms with Crippen molar-refractivity contribution in [1.82, 2.24) is 0 Å². The molecule has 0 atom stereocenters. The second-order valence-electron chi connectivity index (χ2n) is 13.9. The highest BCUT2D eigenvalue weighted by atomic mass is 16.3. The fourth-order valence-corrected chi connectivity index (χ4v) is 8.89. The van der Waals surface area contributed by atoms with E-state index in [9.17, 15) is 10.2 Å². The molecule has 4 aromatic rings. The molecule has 0 amide bonds. The summed E-state index contributed by atoms with van der Waals surface area (Å²) in [4.78, 5) is 0. The maximum atomic E-state index is 11.0. The summed E-state index contributed by atoms with van der Waals surface area (Å²) in [6.07, 6.45) is 16.5. The molecular weight excluding hydrogens is 548 g/mol. The van der Waals surface area contributed by atoms with E-state index in [4.69, 9.17) is 0 Å². The van der Waals surface area contributed by atoms with Gasteiger partial charge >= 0.3 is 0 Å². The lowest BCUT2D eigenvalue weighted by Gasteiger charge is -2.38. The van der Waals surface area contributed by atoms with Crippen molar-refractivity contribution >= 4 is 0 Å². The van der Waals surface area contributed by atoms with Crippen LogP contribution in [0.3, 0.4) is 0 Å². The molecule has 2 aliphatic carbocycles. The van der Waals surface area contributed by atoms with E-state index in [-0.39, 0.29) is 5.41 Å². The number of hydrogen-bond acceptors (Lipinski definition) is 2. The number of aromatic hydroxyl groups is 2. The predicted octanol–water partition coefficient (Wildman–Crippen LogP) is 12.4. The highest BCUT2D eigenvalue weighted by Gasteiger charge is 2.37. The topological polar surface area (TPSA) is 40.5 Å². The van der Waals surface area contributed by atoms with Crippen molar-refractivity contribution < 1.29 is 10.2 Å². The fraction of sp³-hybridized carbons (Fsp3) is 0.442. The maximum absolute atomic E-state index is 11.0. The Morgan fingerprint density at radius 1 is 0.533 bits per heavy atom. The second-order valence-corrected chi connectivity index (χ2v) is 13.9. The smallest absolute Gasteiger partial charge is 0.119 e. The van der Waals surface area contributed by atoms with Gasteiger partial charge in [-0.3, -0.25) is 0 Å². The summed E-state index contributed by atoms with van der Waals surface area (Å²) >= 11 is 0. The van der Waals surface area contributed by atoms with Crippen LogP contribution in [0.25, 0.3) is 22.3 Å². The third-order valence-corrected chi connectivity index (χ3v) is 11.0. The summed E-state index contributed by atoms with van der Waals surface area (Å²) in [5.74, 6) is 1.77. The predicted molar refractivity (Wildman–Crippen MR) is 189 cm³/mol. The first-order valence-corrected chi connectivity index (χ1v) is 17.9. The van der Waals surface area contributed by atoms with Gasteiger partial charge in [0.25, 0.3) is 0 Å². The van der Waals surface area contributed by atoms with Crippen molar-refractivity contribution in [1.29, 1.82) is 0 Å². The summed E-state index contributed by atoms with van der Waals surface area (Å²) < 4.78 is 0. The van der Waals surface area contributed by atoms with Crippen molar-refractivity contribution in [3.63, 3.8) is 0 Å². The molecule has 6 rings (SSSR count). The van der Waals surface area contributed by atoms with Crippen LogP contribution in [-0.4, -0.2) is 10.2 Å². The van der Waals surface area contributed by atoms with Gasteiger partial charge in [-0.2, -0.15) is 0 Å². The minimum Gasteiger partial charge on any atom is -0.508 e. The van der Waals surface area contributed by atoms with E-state index in [1.807, 2.05) is 12.1 Å². The SMILES string of the molecule is CCCC(CCC)(c1ccccc1-c1ccc(O)c(C2CCCCC2)c1)c1ccccc1-c1ccc(O)c(C2CCCCC2)c1. The van der Waals surface area contributed by atoms with Crippen LogP contribution in [0.2, 0.25) is 0 Å². The molecule has 0 spiro atoms. The van der Waals surface area contributed by atoms with E-state index in [0.29, 0.717) is 23.3 Å². The van der Waals surface area contributed by atoms with Gasteiger partial charge in [-0.1, -0.05) is 126 Å². The molecule has 0 bridgehead atoms. The molecule has 2 heteroatoms. The zero-order valence-electron chi connectivity index (χ0n) is 27.5. The Labute approximate surface area is 271 Å². The highest BCUT2D eigenvalue weighted by Crippen LogP contribution is 2.50. The summed E-state index contributed by atoms with van der Waals surface area (Å²) in [6, 6.07) is 30.9. The molecule has 2 fully saturated rings. The molecule has 0 saturated heterocycles. The molecule has 2 aliphatic rings. The largest absolute Gasteiger partial charge is 0.508 e. The van der Waals surface area contributed by atoms with Crippen LogP contribution < -0.4 is 0 Å². The Morgan fingerprint density at radius 2 is 0.933 bits per heavy atom. The summed E-state index contributed by atoms with van der Waals surface area (Å²) in [7, 11) is 0. The van der Waals surface area contributed by atoms with Crippen molar-refractivity contribution in [2.45, 2.75) is 121 Å². The van der Waals surface area contributed by atoms with Crippen LogP contribution >= 0.6 is 0 Å². The lowest BCUT2D eigenvalue weighted by molar-refractivity contribution is 0.414. The molecule has 0 radical (unpaired) electrons. The molecular formula is C43H52O2. The van der Waals surface area contributed by atoms with Gasteiger partial charge in [0.05, 0.1) is 0 Å². The number of rotatable bonds is 10. The zero-order valence-corrected chi connectivity index (χ0v) is 27.5. The molecule has 0 aromatic heterocycles. The summed E-state index contributed by atoms with van der Waals surface area (Å²) in [5, 5.41) is 22.0. The number of phenolic OH excluding ortho intramolecular Hbond substituents is 2. The minimum atomic E-state index is -0.178. The monoisotopic (exact) mass is 600 g/mol. The Morgan fingerprint density at radius 3 is 1.33 bits per heavy atom. The van der Waals surface area contributed by atoms with Gasteiger partial charge in [0, 0.05) is 5.41 Å². The lowest BCUT2D eigenvalue weighted by Crippen LogP contribution is -2.29. The van der Waals surface area contributed by atoms with Crippen LogP contribution in [0.15, 0.2) is 84.9 Å². The van der Waals surface area contributed by atoms with E-state index in [1.165, 1.54) is 71.9 Å². The van der Waals surface area contributed by atoms with Gasteiger partial charge < -0.3 is 10.2 Å². The van der Waals surface area contributed by atoms with Gasteiger partial charge in [0.2, 0.25) is 0 Å². The first-order chi connectivity index (χ1) is 22.1. The van der Waals surface area contributed by atoms with Crippen LogP contribution in [0.1, 0.15) is 138 Å². The molecule has 0 aliphatic heterocycles. The van der Waals surface area contributed by atoms with Crippen molar-refractivity contribution in [3.05, 3.63) is 107 Å². The van der Waals surface area contributed by atoms with E-state index in [2.05, 4.69) is 86.6 Å². The van der Waals surface area contributed by atoms with Gasteiger partial charge in [0.1, 0.15) is 11.5 Å². The molecule has 2 saturated carbocycles. The average Bonchev–Trinajstić information content (AvgIpc) is 3.09. The number of phenols is 2. The first kappa shape index (κ1) is 31.5. The quantitative estimate of drug-likeness (QED) is 0.190. The molecule has 0 unspecified atom stereocenters. The van der Waals surface area contributed by atoms with Gasteiger partial charge in [-0.05, 0) is 119 Å². The molecule has 45 heavy (non-hydrogen) atoms. The molecule has 2 nitrogen and oxygen atoms in total. The maximum Gasteiger partial charge on any atom is 0.119 e. The molecule has 236 valence electrons. The first-order valence-electron chi connectivity index (χ1n) is 17.9. The van der Waals surface area contributed by atoms with E-state index in [1.54, 1.807) is 0 Å². The van der Waals surface area contributed by atoms with Crippen LogP contribution in [0.4, 0.5) is 0 Å². The van der Waals surface area contributed by atoms with E-state index >= 15 is 0 Å². The molecule has 0 heterocycles. The van der Waals surface area contributed by atoms with E-state index < -0.39 is 0 Å². The van der Waals surface area contributed by atoms with Crippen molar-refractivity contribution in [3.8, 4) is 33.8 Å². The third kappa shape index (κ3) is 6.44. The van der Waals surface area contributed by atoms with Gasteiger partial charge in [-0.25, -0.2) is 0 Å². The minimum absolute atomic E-state index is 0.178. The fourth-order valence-electron chi connectivity index (χ4n) is 8.89. The third-order valence-electron chi connectivity index (χ3n) is 11.0. The lowest BCUT2D eigenvalue weighted by atomic mass is 9.65. The average molecular weight is 601 g/mol. The molecule has 4 aromatic carbocycles. The zero-order chi connectivity index (χ0) is 31.2.